The SMILES string of the molecule is CCc1ccc(C(=O)O[C@H](C)C(=O)NCc2ccc3c(c2)OCO3)cc1. The van der Waals surface area contributed by atoms with E-state index in [0.717, 1.165) is 17.5 Å². The molecule has 2 aromatic carbocycles. The van der Waals surface area contributed by atoms with E-state index in [2.05, 4.69) is 5.32 Å². The molecule has 0 radical (unpaired) electrons. The Morgan fingerprint density at radius 1 is 1.08 bits per heavy atom. The van der Waals surface area contributed by atoms with Crippen molar-refractivity contribution >= 4 is 11.9 Å². The van der Waals surface area contributed by atoms with Gasteiger partial charge in [-0.15, -0.1) is 0 Å². The van der Waals surface area contributed by atoms with Crippen LogP contribution >= 0.6 is 0 Å². The van der Waals surface area contributed by atoms with Gasteiger partial charge < -0.3 is 19.5 Å². The van der Waals surface area contributed by atoms with Crippen LogP contribution in [0, 0.1) is 0 Å². The summed E-state index contributed by atoms with van der Waals surface area (Å²) >= 11 is 0. The van der Waals surface area contributed by atoms with Gasteiger partial charge in [-0.2, -0.15) is 0 Å². The van der Waals surface area contributed by atoms with E-state index in [4.69, 9.17) is 14.2 Å². The summed E-state index contributed by atoms with van der Waals surface area (Å²) < 4.78 is 15.8. The van der Waals surface area contributed by atoms with Crippen LogP contribution in [0.5, 0.6) is 11.5 Å². The van der Waals surface area contributed by atoms with E-state index in [1.807, 2.05) is 31.2 Å². The van der Waals surface area contributed by atoms with Crippen molar-refractivity contribution in [2.75, 3.05) is 6.79 Å². The second-order valence-corrected chi connectivity index (χ2v) is 6.00. The number of fused-ring (bicyclic) bond motifs is 1. The van der Waals surface area contributed by atoms with Gasteiger partial charge in [-0.1, -0.05) is 25.1 Å². The molecule has 6 nitrogen and oxygen atoms in total. The number of aryl methyl sites for hydroxylation is 1. The van der Waals surface area contributed by atoms with Crippen molar-refractivity contribution in [3.05, 3.63) is 59.2 Å². The largest absolute Gasteiger partial charge is 0.454 e. The molecule has 26 heavy (non-hydrogen) atoms. The van der Waals surface area contributed by atoms with Crippen LogP contribution in [0.3, 0.4) is 0 Å². The van der Waals surface area contributed by atoms with Gasteiger partial charge in [0.25, 0.3) is 5.91 Å². The zero-order valence-electron chi connectivity index (χ0n) is 14.8. The molecule has 1 atom stereocenters. The maximum Gasteiger partial charge on any atom is 0.338 e. The molecule has 136 valence electrons. The molecule has 2 aromatic rings. The number of benzene rings is 2. The van der Waals surface area contributed by atoms with Crippen LogP contribution in [0.25, 0.3) is 0 Å². The molecule has 0 unspecified atom stereocenters. The second kappa shape index (κ2) is 7.91. The molecule has 3 rings (SSSR count). The summed E-state index contributed by atoms with van der Waals surface area (Å²) in [5.41, 5.74) is 2.44. The summed E-state index contributed by atoms with van der Waals surface area (Å²) in [6, 6.07) is 12.6. The topological polar surface area (TPSA) is 73.9 Å². The van der Waals surface area contributed by atoms with Crippen molar-refractivity contribution in [1.29, 1.82) is 0 Å². The van der Waals surface area contributed by atoms with Gasteiger partial charge in [0.15, 0.2) is 17.6 Å². The third-order valence-corrected chi connectivity index (χ3v) is 4.15. The molecule has 0 aromatic heterocycles. The Bertz CT molecular complexity index is 800. The fraction of sp³-hybridized carbons (Fsp3) is 0.300. The summed E-state index contributed by atoms with van der Waals surface area (Å²) in [4.78, 5) is 24.3. The molecule has 1 amide bonds. The first-order valence-corrected chi connectivity index (χ1v) is 8.53. The van der Waals surface area contributed by atoms with Gasteiger partial charge in [0.2, 0.25) is 6.79 Å². The van der Waals surface area contributed by atoms with Gasteiger partial charge in [-0.05, 0) is 48.7 Å². The smallest absolute Gasteiger partial charge is 0.338 e. The van der Waals surface area contributed by atoms with Crippen molar-refractivity contribution in [1.82, 2.24) is 5.32 Å². The van der Waals surface area contributed by atoms with Crippen LogP contribution in [0.15, 0.2) is 42.5 Å². The number of amides is 1. The number of hydrogen-bond donors (Lipinski definition) is 1. The summed E-state index contributed by atoms with van der Waals surface area (Å²) in [6.07, 6.45) is 0.0101. The monoisotopic (exact) mass is 355 g/mol. The van der Waals surface area contributed by atoms with E-state index >= 15 is 0 Å². The lowest BCUT2D eigenvalue weighted by atomic mass is 10.1. The van der Waals surface area contributed by atoms with Gasteiger partial charge in [-0.25, -0.2) is 4.79 Å². The molecule has 0 fully saturated rings. The highest BCUT2D eigenvalue weighted by molar-refractivity contribution is 5.92. The number of carbonyl (C=O) groups is 2. The van der Waals surface area contributed by atoms with Gasteiger partial charge in [0.05, 0.1) is 5.56 Å². The molecule has 1 aliphatic heterocycles. The minimum atomic E-state index is -0.887. The van der Waals surface area contributed by atoms with Gasteiger partial charge in [-0.3, -0.25) is 4.79 Å². The number of carbonyl (C=O) groups excluding carboxylic acids is 2. The standard InChI is InChI=1S/C20H21NO5/c1-3-14-4-7-16(8-5-14)20(23)26-13(2)19(22)21-11-15-6-9-17-18(10-15)25-12-24-17/h4-10,13H,3,11-12H2,1-2H3,(H,21,22)/t13-/m1/s1. The van der Waals surface area contributed by atoms with Crippen LogP contribution in [-0.4, -0.2) is 24.8 Å². The van der Waals surface area contributed by atoms with E-state index in [1.54, 1.807) is 25.1 Å². The fourth-order valence-electron chi connectivity index (χ4n) is 2.54. The second-order valence-electron chi connectivity index (χ2n) is 6.00. The Hall–Kier alpha value is -3.02. The zero-order chi connectivity index (χ0) is 18.5. The molecule has 0 bridgehead atoms. The number of rotatable bonds is 6. The lowest BCUT2D eigenvalue weighted by molar-refractivity contribution is -0.129. The van der Waals surface area contributed by atoms with Crippen LogP contribution in [-0.2, 0) is 22.5 Å². The number of ether oxygens (including phenoxy) is 3. The van der Waals surface area contributed by atoms with E-state index in [1.165, 1.54) is 0 Å². The van der Waals surface area contributed by atoms with E-state index in [-0.39, 0.29) is 12.7 Å². The highest BCUT2D eigenvalue weighted by Gasteiger charge is 2.19. The number of esters is 1. The Morgan fingerprint density at radius 2 is 1.77 bits per heavy atom. The van der Waals surface area contributed by atoms with Crippen LogP contribution in [0.4, 0.5) is 0 Å². The summed E-state index contributed by atoms with van der Waals surface area (Å²) in [7, 11) is 0. The molecule has 1 aliphatic rings. The molecule has 1 heterocycles. The van der Waals surface area contributed by atoms with Crippen molar-refractivity contribution in [3.8, 4) is 11.5 Å². The first kappa shape index (κ1) is 17.8. The third-order valence-electron chi connectivity index (χ3n) is 4.15. The molecule has 0 saturated carbocycles. The van der Waals surface area contributed by atoms with Gasteiger partial charge >= 0.3 is 5.97 Å². The summed E-state index contributed by atoms with van der Waals surface area (Å²) in [6.45, 7) is 4.10. The average Bonchev–Trinajstić information content (AvgIpc) is 3.13. The van der Waals surface area contributed by atoms with Crippen molar-refractivity contribution in [3.63, 3.8) is 0 Å². The molecule has 0 saturated heterocycles. The average molecular weight is 355 g/mol. The highest BCUT2D eigenvalue weighted by atomic mass is 16.7. The third kappa shape index (κ3) is 4.14. The molecule has 1 N–H and O–H groups in total. The normalized spacial score (nSPS) is 13.2. The van der Waals surface area contributed by atoms with Crippen molar-refractivity contribution in [2.45, 2.75) is 32.9 Å². The lowest BCUT2D eigenvalue weighted by Gasteiger charge is -2.14. The lowest BCUT2D eigenvalue weighted by Crippen LogP contribution is -2.35. The molecular formula is C20H21NO5. The first-order chi connectivity index (χ1) is 12.6. The Kier molecular flexibility index (Phi) is 5.41. The maximum atomic E-state index is 12.2. The summed E-state index contributed by atoms with van der Waals surface area (Å²) in [5.74, 6) is 0.475. The number of nitrogens with one attached hydrogen (secondary N) is 1. The first-order valence-electron chi connectivity index (χ1n) is 8.53. The molecule has 6 heteroatoms. The predicted octanol–water partition coefficient (Wildman–Crippen LogP) is 2.84. The van der Waals surface area contributed by atoms with E-state index in [9.17, 15) is 9.59 Å². The zero-order valence-corrected chi connectivity index (χ0v) is 14.8. The Balaban J connectivity index is 1.51. The van der Waals surface area contributed by atoms with Gasteiger partial charge in [0, 0.05) is 6.54 Å². The van der Waals surface area contributed by atoms with Crippen LogP contribution in [0.2, 0.25) is 0 Å². The minimum absolute atomic E-state index is 0.206. The van der Waals surface area contributed by atoms with Crippen LogP contribution < -0.4 is 14.8 Å². The summed E-state index contributed by atoms with van der Waals surface area (Å²) in [5, 5.41) is 2.75. The van der Waals surface area contributed by atoms with Crippen molar-refractivity contribution < 1.29 is 23.8 Å². The van der Waals surface area contributed by atoms with E-state index in [0.29, 0.717) is 23.6 Å². The predicted molar refractivity (Wildman–Crippen MR) is 95.1 cm³/mol. The number of hydrogen-bond acceptors (Lipinski definition) is 5. The molecule has 0 aliphatic carbocycles. The molecule has 0 spiro atoms. The quantitative estimate of drug-likeness (QED) is 0.807. The maximum absolute atomic E-state index is 12.2. The fourth-order valence-corrected chi connectivity index (χ4v) is 2.54. The minimum Gasteiger partial charge on any atom is -0.454 e. The Morgan fingerprint density at radius 3 is 2.50 bits per heavy atom. The van der Waals surface area contributed by atoms with Crippen molar-refractivity contribution in [2.24, 2.45) is 0 Å². The molecular weight excluding hydrogens is 334 g/mol. The van der Waals surface area contributed by atoms with E-state index < -0.39 is 12.1 Å². The van der Waals surface area contributed by atoms with Gasteiger partial charge in [0.1, 0.15) is 0 Å². The van der Waals surface area contributed by atoms with Crippen LogP contribution in [0.1, 0.15) is 35.3 Å². The highest BCUT2D eigenvalue weighted by Crippen LogP contribution is 2.32. The Labute approximate surface area is 152 Å².